The van der Waals surface area contributed by atoms with Crippen LogP contribution in [0, 0.1) is 0 Å². The Morgan fingerprint density at radius 2 is 2.10 bits per heavy atom. The molecule has 1 aromatic carbocycles. The van der Waals surface area contributed by atoms with Gasteiger partial charge < -0.3 is 10.2 Å². The second kappa shape index (κ2) is 4.56. The van der Waals surface area contributed by atoms with Crippen LogP contribution in [0.3, 0.4) is 0 Å². The van der Waals surface area contributed by atoms with Crippen molar-refractivity contribution in [3.8, 4) is 0 Å². The normalized spacial score (nSPS) is 13.2. The second-order valence-electron chi connectivity index (χ2n) is 4.93. The first-order valence-corrected chi connectivity index (χ1v) is 8.15. The lowest BCUT2D eigenvalue weighted by molar-refractivity contribution is 0.527. The van der Waals surface area contributed by atoms with Crippen LogP contribution in [0.4, 0.5) is 0 Å². The topological polar surface area (TPSA) is 61.2 Å². The zero-order valence-corrected chi connectivity index (χ0v) is 12.8. The second-order valence-corrected chi connectivity index (χ2v) is 6.99. The summed E-state index contributed by atoms with van der Waals surface area (Å²) in [5, 5.41) is 2.08. The van der Waals surface area contributed by atoms with Crippen molar-refractivity contribution in [2.24, 2.45) is 12.8 Å². The van der Waals surface area contributed by atoms with Gasteiger partial charge in [-0.1, -0.05) is 6.07 Å². The zero-order valence-electron chi connectivity index (χ0n) is 11.2. The van der Waals surface area contributed by atoms with Gasteiger partial charge in [-0.2, -0.15) is 0 Å². The average Bonchev–Trinajstić information content (AvgIpc) is 3.12. The highest BCUT2D eigenvalue weighted by molar-refractivity contribution is 7.27. The third-order valence-electron chi connectivity index (χ3n) is 3.64. The van der Waals surface area contributed by atoms with Gasteiger partial charge in [0.15, 0.2) is 5.58 Å². The van der Waals surface area contributed by atoms with Gasteiger partial charge in [-0.3, -0.25) is 4.57 Å². The molecule has 0 aliphatic carbocycles. The van der Waals surface area contributed by atoms with Gasteiger partial charge >= 0.3 is 5.76 Å². The number of hydrogen-bond donors (Lipinski definition) is 1. The standard InChI is InChI=1S/C15H12N2O2S2/c1-17-9-3-2-8(6-10(9)19-15(17)18)14(16)13-7-12-11(21-13)4-5-20-12/h2-7,14H,16H2,1H3. The average molecular weight is 316 g/mol. The fourth-order valence-electron chi connectivity index (χ4n) is 2.45. The molecule has 0 aliphatic heterocycles. The van der Waals surface area contributed by atoms with Crippen LogP contribution in [0.15, 0.2) is 44.9 Å². The SMILES string of the molecule is Cn1c(=O)oc2cc(C(N)c3cc4sccc4s3)ccc21. The number of hydrogen-bond acceptors (Lipinski definition) is 5. The van der Waals surface area contributed by atoms with E-state index in [-0.39, 0.29) is 11.8 Å². The monoisotopic (exact) mass is 316 g/mol. The number of thiophene rings is 2. The van der Waals surface area contributed by atoms with Crippen LogP contribution in [-0.2, 0) is 7.05 Å². The van der Waals surface area contributed by atoms with Crippen molar-refractivity contribution >= 4 is 43.2 Å². The zero-order chi connectivity index (χ0) is 14.6. The highest BCUT2D eigenvalue weighted by Gasteiger charge is 2.15. The number of nitrogens with zero attached hydrogens (tertiary/aromatic N) is 1. The molecule has 1 unspecified atom stereocenters. The largest absolute Gasteiger partial charge is 0.419 e. The number of oxazole rings is 1. The van der Waals surface area contributed by atoms with Crippen molar-refractivity contribution in [3.63, 3.8) is 0 Å². The van der Waals surface area contributed by atoms with E-state index in [0.717, 1.165) is 16.0 Å². The van der Waals surface area contributed by atoms with Gasteiger partial charge in [-0.05, 0) is 35.2 Å². The smallest absolute Gasteiger partial charge is 0.408 e. The van der Waals surface area contributed by atoms with Crippen molar-refractivity contribution < 1.29 is 4.42 Å². The number of aromatic nitrogens is 1. The van der Waals surface area contributed by atoms with Crippen LogP contribution < -0.4 is 11.5 Å². The van der Waals surface area contributed by atoms with Crippen LogP contribution in [-0.4, -0.2) is 4.57 Å². The van der Waals surface area contributed by atoms with Gasteiger partial charge in [-0.25, -0.2) is 4.79 Å². The van der Waals surface area contributed by atoms with Crippen molar-refractivity contribution in [1.82, 2.24) is 4.57 Å². The first-order chi connectivity index (χ1) is 10.1. The molecular formula is C15H12N2O2S2. The Hall–Kier alpha value is -1.89. The lowest BCUT2D eigenvalue weighted by Crippen LogP contribution is -2.10. The number of aryl methyl sites for hydroxylation is 1. The summed E-state index contributed by atoms with van der Waals surface area (Å²) in [6.45, 7) is 0. The van der Waals surface area contributed by atoms with E-state index in [1.807, 2.05) is 18.2 Å². The molecule has 1 atom stereocenters. The third kappa shape index (κ3) is 1.95. The van der Waals surface area contributed by atoms with Gasteiger partial charge in [0.05, 0.1) is 11.6 Å². The summed E-state index contributed by atoms with van der Waals surface area (Å²) in [5.74, 6) is -0.354. The number of nitrogens with two attached hydrogens (primary N) is 1. The maximum Gasteiger partial charge on any atom is 0.419 e. The fraction of sp³-hybridized carbons (Fsp3) is 0.133. The van der Waals surface area contributed by atoms with E-state index in [1.165, 1.54) is 14.0 Å². The molecule has 21 heavy (non-hydrogen) atoms. The molecule has 106 valence electrons. The van der Waals surface area contributed by atoms with E-state index in [1.54, 1.807) is 29.7 Å². The Bertz CT molecular complexity index is 977. The minimum absolute atomic E-state index is 0.204. The minimum atomic E-state index is -0.354. The quantitative estimate of drug-likeness (QED) is 0.616. The first kappa shape index (κ1) is 12.8. The number of fused-ring (bicyclic) bond motifs is 2. The van der Waals surface area contributed by atoms with E-state index in [2.05, 4.69) is 17.5 Å². The molecule has 0 aliphatic rings. The lowest BCUT2D eigenvalue weighted by Gasteiger charge is -2.09. The Balaban J connectivity index is 1.81. The highest BCUT2D eigenvalue weighted by atomic mass is 32.1. The van der Waals surface area contributed by atoms with Crippen molar-refractivity contribution in [1.29, 1.82) is 0 Å². The Morgan fingerprint density at radius 3 is 2.90 bits per heavy atom. The summed E-state index contributed by atoms with van der Waals surface area (Å²) >= 11 is 3.43. The summed E-state index contributed by atoms with van der Waals surface area (Å²) in [6, 6.07) is 9.74. The molecule has 0 bridgehead atoms. The van der Waals surface area contributed by atoms with Crippen molar-refractivity contribution in [2.45, 2.75) is 6.04 Å². The molecule has 4 nitrogen and oxygen atoms in total. The van der Waals surface area contributed by atoms with Gasteiger partial charge in [0, 0.05) is 21.3 Å². The molecule has 0 spiro atoms. The van der Waals surface area contributed by atoms with Crippen LogP contribution in [0.1, 0.15) is 16.5 Å². The summed E-state index contributed by atoms with van der Waals surface area (Å²) < 4.78 is 9.24. The number of benzene rings is 1. The summed E-state index contributed by atoms with van der Waals surface area (Å²) in [6.07, 6.45) is 0. The summed E-state index contributed by atoms with van der Waals surface area (Å²) in [5.41, 5.74) is 8.67. The molecule has 4 rings (SSSR count). The molecule has 0 amide bonds. The van der Waals surface area contributed by atoms with Gasteiger partial charge in [0.25, 0.3) is 0 Å². The summed E-state index contributed by atoms with van der Waals surface area (Å²) in [4.78, 5) is 12.7. The summed E-state index contributed by atoms with van der Waals surface area (Å²) in [7, 11) is 1.70. The van der Waals surface area contributed by atoms with Gasteiger partial charge in [0.1, 0.15) is 0 Å². The maximum atomic E-state index is 11.5. The molecule has 4 aromatic rings. The molecule has 0 saturated heterocycles. The van der Waals surface area contributed by atoms with E-state index in [4.69, 9.17) is 10.2 Å². The Labute approximate surface area is 128 Å². The molecule has 0 fully saturated rings. The molecule has 0 radical (unpaired) electrons. The molecule has 3 heterocycles. The lowest BCUT2D eigenvalue weighted by atomic mass is 10.1. The highest BCUT2D eigenvalue weighted by Crippen LogP contribution is 2.35. The van der Waals surface area contributed by atoms with Crippen LogP contribution >= 0.6 is 22.7 Å². The predicted octanol–water partition coefficient (Wildman–Crippen LogP) is 3.46. The third-order valence-corrected chi connectivity index (χ3v) is 5.82. The molecule has 6 heteroatoms. The Morgan fingerprint density at radius 1 is 1.24 bits per heavy atom. The molecule has 3 aromatic heterocycles. The van der Waals surface area contributed by atoms with Crippen molar-refractivity contribution in [2.75, 3.05) is 0 Å². The molecule has 0 saturated carbocycles. The maximum absolute atomic E-state index is 11.5. The fourth-order valence-corrected chi connectivity index (χ4v) is 4.60. The Kier molecular flexibility index (Phi) is 2.78. The van der Waals surface area contributed by atoms with Crippen LogP contribution in [0.2, 0.25) is 0 Å². The van der Waals surface area contributed by atoms with Gasteiger partial charge in [0.2, 0.25) is 0 Å². The van der Waals surface area contributed by atoms with Crippen LogP contribution in [0.5, 0.6) is 0 Å². The number of rotatable bonds is 2. The van der Waals surface area contributed by atoms with E-state index in [0.29, 0.717) is 5.58 Å². The van der Waals surface area contributed by atoms with Crippen molar-refractivity contribution in [3.05, 3.63) is 56.7 Å². The minimum Gasteiger partial charge on any atom is -0.408 e. The first-order valence-electron chi connectivity index (χ1n) is 6.45. The van der Waals surface area contributed by atoms with E-state index >= 15 is 0 Å². The predicted molar refractivity (Wildman–Crippen MR) is 87.2 cm³/mol. The van der Waals surface area contributed by atoms with E-state index in [9.17, 15) is 4.79 Å². The van der Waals surface area contributed by atoms with E-state index < -0.39 is 0 Å². The van der Waals surface area contributed by atoms with Gasteiger partial charge in [-0.15, -0.1) is 22.7 Å². The van der Waals surface area contributed by atoms with Crippen LogP contribution in [0.25, 0.3) is 20.5 Å². The molecular weight excluding hydrogens is 304 g/mol. The molecule has 2 N–H and O–H groups in total.